The zero-order valence-electron chi connectivity index (χ0n) is 18.5. The predicted octanol–water partition coefficient (Wildman–Crippen LogP) is 4.49. The molecule has 2 nitrogen and oxygen atoms in total. The highest BCUT2D eigenvalue weighted by atomic mass is 28.3. The standard InChI is InChI=1S/C25H31BO2Si/c1-8-19-29(6,7)23-12-10-9-11-21(23)16-13-20-14-17-22(18-15-20)26-27-24(2,3)25(4,5)28-26/h8-12,14-15,17-18H,1,19H2,2-7H3. The Balaban J connectivity index is 1.81. The fourth-order valence-electron chi connectivity index (χ4n) is 3.50. The quantitative estimate of drug-likeness (QED) is 0.426. The molecule has 150 valence electrons. The molecule has 0 aliphatic carbocycles. The van der Waals surface area contributed by atoms with E-state index in [2.05, 4.69) is 95.6 Å². The minimum Gasteiger partial charge on any atom is -0.399 e. The van der Waals surface area contributed by atoms with E-state index in [4.69, 9.17) is 9.31 Å². The van der Waals surface area contributed by atoms with Crippen molar-refractivity contribution in [3.63, 3.8) is 0 Å². The first-order chi connectivity index (χ1) is 13.6. The third-order valence-corrected chi connectivity index (χ3v) is 9.29. The van der Waals surface area contributed by atoms with E-state index < -0.39 is 8.07 Å². The fraction of sp³-hybridized carbons (Fsp3) is 0.360. The number of hydrogen-bond acceptors (Lipinski definition) is 2. The molecule has 1 aliphatic rings. The second-order valence-corrected chi connectivity index (χ2v) is 14.1. The second-order valence-electron chi connectivity index (χ2n) is 9.38. The number of hydrogen-bond donors (Lipinski definition) is 0. The summed E-state index contributed by atoms with van der Waals surface area (Å²) in [6.07, 6.45) is 2.03. The summed E-state index contributed by atoms with van der Waals surface area (Å²) < 4.78 is 12.3. The first-order valence-corrected chi connectivity index (χ1v) is 13.4. The lowest BCUT2D eigenvalue weighted by molar-refractivity contribution is 0.00578. The maximum Gasteiger partial charge on any atom is 0.494 e. The summed E-state index contributed by atoms with van der Waals surface area (Å²) in [4.78, 5) is 0. The third kappa shape index (κ3) is 4.59. The Morgan fingerprint density at radius 1 is 0.931 bits per heavy atom. The lowest BCUT2D eigenvalue weighted by Crippen LogP contribution is -2.42. The molecule has 4 heteroatoms. The Labute approximate surface area is 177 Å². The van der Waals surface area contributed by atoms with Crippen LogP contribution >= 0.6 is 0 Å². The first-order valence-electron chi connectivity index (χ1n) is 10.2. The van der Waals surface area contributed by atoms with E-state index in [-0.39, 0.29) is 18.3 Å². The molecule has 3 rings (SSSR count). The van der Waals surface area contributed by atoms with Gasteiger partial charge in [-0.25, -0.2) is 0 Å². The molecule has 0 saturated carbocycles. The summed E-state index contributed by atoms with van der Waals surface area (Å²) >= 11 is 0. The summed E-state index contributed by atoms with van der Waals surface area (Å²) in [7, 11) is -1.91. The predicted molar refractivity (Wildman–Crippen MR) is 127 cm³/mol. The largest absolute Gasteiger partial charge is 0.494 e. The maximum absolute atomic E-state index is 6.13. The summed E-state index contributed by atoms with van der Waals surface area (Å²) in [5, 5.41) is 1.39. The average molecular weight is 402 g/mol. The van der Waals surface area contributed by atoms with Crippen molar-refractivity contribution in [1.82, 2.24) is 0 Å². The van der Waals surface area contributed by atoms with E-state index in [9.17, 15) is 0 Å². The molecule has 1 fully saturated rings. The SMILES string of the molecule is C=CC[Si](C)(C)c1ccccc1C#Cc1ccc(B2OC(C)(C)C(C)(C)O2)cc1. The molecule has 0 unspecified atom stereocenters. The van der Waals surface area contributed by atoms with Crippen LogP contribution in [0.25, 0.3) is 0 Å². The average Bonchev–Trinajstić information content (AvgIpc) is 2.88. The van der Waals surface area contributed by atoms with Gasteiger partial charge in [0.25, 0.3) is 0 Å². The van der Waals surface area contributed by atoms with E-state index in [1.807, 2.05) is 18.2 Å². The van der Waals surface area contributed by atoms with E-state index in [1.54, 1.807) is 0 Å². The smallest absolute Gasteiger partial charge is 0.399 e. The molecule has 1 saturated heterocycles. The highest BCUT2D eigenvalue weighted by molar-refractivity contribution is 6.90. The van der Waals surface area contributed by atoms with E-state index in [0.29, 0.717) is 0 Å². The molecule has 0 spiro atoms. The van der Waals surface area contributed by atoms with Crippen molar-refractivity contribution >= 4 is 25.8 Å². The highest BCUT2D eigenvalue weighted by Crippen LogP contribution is 2.36. The van der Waals surface area contributed by atoms with Crippen molar-refractivity contribution in [2.45, 2.75) is 58.0 Å². The molecular formula is C25H31BO2Si. The summed E-state index contributed by atoms with van der Waals surface area (Å²) in [6.45, 7) is 17.0. The second kappa shape index (κ2) is 7.99. The van der Waals surface area contributed by atoms with Gasteiger partial charge in [0.1, 0.15) is 0 Å². The Morgan fingerprint density at radius 2 is 1.52 bits per heavy atom. The van der Waals surface area contributed by atoms with Crippen LogP contribution in [0.15, 0.2) is 61.2 Å². The maximum atomic E-state index is 6.13. The Hall–Kier alpha value is -2.06. The molecule has 1 aliphatic heterocycles. The van der Waals surface area contributed by atoms with Crippen molar-refractivity contribution in [2.24, 2.45) is 0 Å². The van der Waals surface area contributed by atoms with Crippen molar-refractivity contribution in [3.05, 3.63) is 72.3 Å². The molecule has 2 aromatic rings. The Morgan fingerprint density at radius 3 is 2.10 bits per heavy atom. The molecule has 0 amide bonds. The van der Waals surface area contributed by atoms with Crippen LogP contribution in [0.2, 0.25) is 19.1 Å². The van der Waals surface area contributed by atoms with Crippen LogP contribution in [0, 0.1) is 11.8 Å². The third-order valence-electron chi connectivity index (χ3n) is 6.09. The molecule has 0 bridgehead atoms. The molecule has 29 heavy (non-hydrogen) atoms. The molecular weight excluding hydrogens is 371 g/mol. The number of rotatable bonds is 4. The zero-order valence-corrected chi connectivity index (χ0v) is 19.5. The van der Waals surface area contributed by atoms with Crippen LogP contribution in [-0.4, -0.2) is 26.4 Å². The monoisotopic (exact) mass is 402 g/mol. The van der Waals surface area contributed by atoms with Gasteiger partial charge < -0.3 is 9.31 Å². The van der Waals surface area contributed by atoms with Crippen molar-refractivity contribution < 1.29 is 9.31 Å². The van der Waals surface area contributed by atoms with Crippen LogP contribution in [0.3, 0.4) is 0 Å². The van der Waals surface area contributed by atoms with Gasteiger partial charge in [-0.1, -0.05) is 61.3 Å². The minimum absolute atomic E-state index is 0.331. The minimum atomic E-state index is -1.57. The molecule has 1 heterocycles. The van der Waals surface area contributed by atoms with Gasteiger partial charge in [-0.2, -0.15) is 0 Å². The molecule has 0 N–H and O–H groups in total. The molecule has 0 aromatic heterocycles. The van der Waals surface area contributed by atoms with Crippen LogP contribution in [0.1, 0.15) is 38.8 Å². The number of benzene rings is 2. The van der Waals surface area contributed by atoms with Crippen molar-refractivity contribution in [2.75, 3.05) is 0 Å². The fourth-order valence-corrected chi connectivity index (χ4v) is 5.86. The van der Waals surface area contributed by atoms with Crippen LogP contribution in [0.5, 0.6) is 0 Å². The van der Waals surface area contributed by atoms with Gasteiger partial charge in [-0.05, 0) is 62.6 Å². The lowest BCUT2D eigenvalue weighted by atomic mass is 9.79. The van der Waals surface area contributed by atoms with Crippen molar-refractivity contribution in [3.8, 4) is 11.8 Å². The van der Waals surface area contributed by atoms with Crippen LogP contribution in [-0.2, 0) is 9.31 Å². The van der Waals surface area contributed by atoms with Gasteiger partial charge in [0.2, 0.25) is 0 Å². The lowest BCUT2D eigenvalue weighted by Gasteiger charge is -2.32. The van der Waals surface area contributed by atoms with Gasteiger partial charge >= 0.3 is 7.12 Å². The van der Waals surface area contributed by atoms with Gasteiger partial charge in [0.05, 0.1) is 19.3 Å². The van der Waals surface area contributed by atoms with Gasteiger partial charge in [-0.3, -0.25) is 0 Å². The molecule has 0 radical (unpaired) electrons. The van der Waals surface area contributed by atoms with E-state index in [1.165, 1.54) is 5.19 Å². The topological polar surface area (TPSA) is 18.5 Å². The van der Waals surface area contributed by atoms with Crippen LogP contribution < -0.4 is 10.6 Å². The normalized spacial score (nSPS) is 17.5. The summed E-state index contributed by atoms with van der Waals surface area (Å²) in [6, 6.07) is 17.8. The van der Waals surface area contributed by atoms with Gasteiger partial charge in [0.15, 0.2) is 0 Å². The zero-order chi connectivity index (χ0) is 21.3. The Bertz CT molecular complexity index is 933. The highest BCUT2D eigenvalue weighted by Gasteiger charge is 2.51. The van der Waals surface area contributed by atoms with Crippen molar-refractivity contribution in [1.29, 1.82) is 0 Å². The van der Waals surface area contributed by atoms with Crippen LogP contribution in [0.4, 0.5) is 0 Å². The van der Waals surface area contributed by atoms with E-state index in [0.717, 1.165) is 22.6 Å². The number of allylic oxidation sites excluding steroid dienone is 1. The Kier molecular flexibility index (Phi) is 5.96. The molecule has 2 aromatic carbocycles. The summed E-state index contributed by atoms with van der Waals surface area (Å²) in [5.74, 6) is 6.73. The molecule has 0 atom stereocenters. The summed E-state index contributed by atoms with van der Waals surface area (Å²) in [5.41, 5.74) is 2.47. The van der Waals surface area contributed by atoms with Gasteiger partial charge in [0, 0.05) is 11.1 Å². The first kappa shape index (κ1) is 21.6. The van der Waals surface area contributed by atoms with E-state index >= 15 is 0 Å². The van der Waals surface area contributed by atoms with Gasteiger partial charge in [-0.15, -0.1) is 6.58 Å².